The molecule has 0 aromatic carbocycles. The second kappa shape index (κ2) is 4.69. The van der Waals surface area contributed by atoms with Gasteiger partial charge in [0, 0.05) is 11.1 Å². The fourth-order valence-electron chi connectivity index (χ4n) is 3.44. The van der Waals surface area contributed by atoms with Crippen molar-refractivity contribution in [2.75, 3.05) is 6.54 Å². The minimum absolute atomic E-state index is 0.191. The summed E-state index contributed by atoms with van der Waals surface area (Å²) >= 11 is 0. The topological polar surface area (TPSA) is 40.7 Å². The highest BCUT2D eigenvalue weighted by Gasteiger charge is 2.39. The summed E-state index contributed by atoms with van der Waals surface area (Å²) in [6, 6.07) is 0. The van der Waals surface area contributed by atoms with Gasteiger partial charge in [0.05, 0.1) is 12.2 Å². The van der Waals surface area contributed by atoms with Crippen LogP contribution in [0.15, 0.2) is 0 Å². The van der Waals surface area contributed by atoms with E-state index in [9.17, 15) is 0 Å². The Labute approximate surface area is 111 Å². The van der Waals surface area contributed by atoms with Crippen molar-refractivity contribution in [1.29, 1.82) is 0 Å². The van der Waals surface area contributed by atoms with E-state index in [1.54, 1.807) is 0 Å². The molecule has 102 valence electrons. The summed E-state index contributed by atoms with van der Waals surface area (Å²) < 4.78 is 0. The molecule has 1 aromatic heterocycles. The second-order valence-corrected chi connectivity index (χ2v) is 7.09. The lowest BCUT2D eigenvalue weighted by molar-refractivity contribution is 0.226. The average molecular weight is 249 g/mol. The molecular weight excluding hydrogens is 222 g/mol. The van der Waals surface area contributed by atoms with E-state index in [2.05, 4.69) is 44.9 Å². The molecule has 1 aromatic rings. The summed E-state index contributed by atoms with van der Waals surface area (Å²) in [6.45, 7) is 13.4. The molecule has 18 heavy (non-hydrogen) atoms. The minimum atomic E-state index is 0.191. The minimum Gasteiger partial charge on any atom is -0.345 e. The Bertz CT molecular complexity index is 415. The highest BCUT2D eigenvalue weighted by atomic mass is 15.0. The van der Waals surface area contributed by atoms with Gasteiger partial charge in [0.1, 0.15) is 5.82 Å². The molecule has 0 radical (unpaired) electrons. The van der Waals surface area contributed by atoms with Crippen LogP contribution in [0.2, 0.25) is 0 Å². The van der Waals surface area contributed by atoms with Crippen LogP contribution in [0.5, 0.6) is 0 Å². The standard InChI is InChI=1S/C15H27N3/c1-6-7-16-9-12-17-11-8-14(2,3)10-15(4,5)13(11)18-12/h16H,6-10H2,1-5H3,(H,17,18). The van der Waals surface area contributed by atoms with Gasteiger partial charge in [-0.05, 0) is 31.2 Å². The van der Waals surface area contributed by atoms with Crippen molar-refractivity contribution in [1.82, 2.24) is 15.3 Å². The van der Waals surface area contributed by atoms with Gasteiger partial charge in [0.15, 0.2) is 0 Å². The van der Waals surface area contributed by atoms with Gasteiger partial charge in [-0.2, -0.15) is 0 Å². The number of hydrogen-bond donors (Lipinski definition) is 2. The van der Waals surface area contributed by atoms with Crippen LogP contribution in [0.4, 0.5) is 0 Å². The van der Waals surface area contributed by atoms with Gasteiger partial charge < -0.3 is 10.3 Å². The first kappa shape index (κ1) is 13.6. The summed E-state index contributed by atoms with van der Waals surface area (Å²) in [6.07, 6.45) is 3.49. The first-order valence-corrected chi connectivity index (χ1v) is 7.13. The predicted octanol–water partition coefficient (Wildman–Crippen LogP) is 3.16. The Morgan fingerprint density at radius 1 is 1.28 bits per heavy atom. The number of nitrogens with one attached hydrogen (secondary N) is 2. The van der Waals surface area contributed by atoms with Gasteiger partial charge in [-0.15, -0.1) is 0 Å². The molecule has 0 aliphatic heterocycles. The number of fused-ring (bicyclic) bond motifs is 1. The maximum absolute atomic E-state index is 4.82. The molecule has 0 bridgehead atoms. The molecular formula is C15H27N3. The molecule has 3 heteroatoms. The van der Waals surface area contributed by atoms with Crippen molar-refractivity contribution >= 4 is 0 Å². The zero-order chi connectivity index (χ0) is 13.4. The third-order valence-corrected chi connectivity index (χ3v) is 3.76. The van der Waals surface area contributed by atoms with E-state index >= 15 is 0 Å². The molecule has 0 atom stereocenters. The summed E-state index contributed by atoms with van der Waals surface area (Å²) in [5.74, 6) is 1.10. The maximum atomic E-state index is 4.82. The van der Waals surface area contributed by atoms with Crippen molar-refractivity contribution in [3.05, 3.63) is 17.2 Å². The molecule has 2 rings (SSSR count). The van der Waals surface area contributed by atoms with E-state index in [0.29, 0.717) is 5.41 Å². The van der Waals surface area contributed by atoms with Gasteiger partial charge in [0.2, 0.25) is 0 Å². The zero-order valence-electron chi connectivity index (χ0n) is 12.5. The monoisotopic (exact) mass is 249 g/mol. The molecule has 0 amide bonds. The molecule has 0 fully saturated rings. The Kier molecular flexibility index (Phi) is 3.54. The summed E-state index contributed by atoms with van der Waals surface area (Å²) in [7, 11) is 0. The van der Waals surface area contributed by atoms with Gasteiger partial charge in [-0.1, -0.05) is 34.6 Å². The first-order chi connectivity index (χ1) is 8.34. The number of aromatic amines is 1. The number of hydrogen-bond acceptors (Lipinski definition) is 2. The van der Waals surface area contributed by atoms with E-state index in [0.717, 1.165) is 25.3 Å². The van der Waals surface area contributed by atoms with Crippen LogP contribution in [0.3, 0.4) is 0 Å². The lowest BCUT2D eigenvalue weighted by Gasteiger charge is -2.39. The lowest BCUT2D eigenvalue weighted by Crippen LogP contribution is -2.34. The van der Waals surface area contributed by atoms with Crippen LogP contribution < -0.4 is 5.32 Å². The quantitative estimate of drug-likeness (QED) is 0.805. The Morgan fingerprint density at radius 2 is 2.00 bits per heavy atom. The highest BCUT2D eigenvalue weighted by Crippen LogP contribution is 2.44. The second-order valence-electron chi connectivity index (χ2n) is 7.09. The van der Waals surface area contributed by atoms with Gasteiger partial charge in [-0.25, -0.2) is 4.98 Å². The SMILES string of the molecule is CCCNCc1nc2c([nH]1)CC(C)(C)CC2(C)C. The van der Waals surface area contributed by atoms with E-state index in [4.69, 9.17) is 4.98 Å². The van der Waals surface area contributed by atoms with E-state index < -0.39 is 0 Å². The van der Waals surface area contributed by atoms with E-state index in [-0.39, 0.29) is 5.41 Å². The summed E-state index contributed by atoms with van der Waals surface area (Å²) in [5.41, 5.74) is 3.20. The normalized spacial score (nSPS) is 20.7. The van der Waals surface area contributed by atoms with Crippen molar-refractivity contribution in [2.45, 2.75) is 65.8 Å². The molecule has 0 unspecified atom stereocenters. The molecule has 1 heterocycles. The largest absolute Gasteiger partial charge is 0.345 e. The molecule has 2 N–H and O–H groups in total. The predicted molar refractivity (Wildman–Crippen MR) is 75.7 cm³/mol. The Morgan fingerprint density at radius 3 is 2.67 bits per heavy atom. The van der Waals surface area contributed by atoms with Crippen LogP contribution >= 0.6 is 0 Å². The molecule has 1 aliphatic rings. The van der Waals surface area contributed by atoms with Crippen LogP contribution in [0.1, 0.15) is 64.7 Å². The Balaban J connectivity index is 2.19. The van der Waals surface area contributed by atoms with Crippen LogP contribution in [-0.4, -0.2) is 16.5 Å². The maximum Gasteiger partial charge on any atom is 0.120 e. The van der Waals surface area contributed by atoms with E-state index in [1.807, 2.05) is 0 Å². The number of nitrogens with zero attached hydrogens (tertiary/aromatic N) is 1. The fourth-order valence-corrected chi connectivity index (χ4v) is 3.44. The van der Waals surface area contributed by atoms with Crippen LogP contribution in [0, 0.1) is 5.41 Å². The summed E-state index contributed by atoms with van der Waals surface area (Å²) in [5, 5.41) is 3.41. The summed E-state index contributed by atoms with van der Waals surface area (Å²) in [4.78, 5) is 8.35. The number of H-pyrrole nitrogens is 1. The Hall–Kier alpha value is -0.830. The van der Waals surface area contributed by atoms with Gasteiger partial charge in [0.25, 0.3) is 0 Å². The molecule has 0 saturated heterocycles. The third-order valence-electron chi connectivity index (χ3n) is 3.76. The van der Waals surface area contributed by atoms with Crippen LogP contribution in [-0.2, 0) is 18.4 Å². The molecule has 0 spiro atoms. The van der Waals surface area contributed by atoms with Crippen molar-refractivity contribution in [3.63, 3.8) is 0 Å². The highest BCUT2D eigenvalue weighted by molar-refractivity contribution is 5.28. The van der Waals surface area contributed by atoms with Crippen molar-refractivity contribution in [2.24, 2.45) is 5.41 Å². The third kappa shape index (κ3) is 2.77. The average Bonchev–Trinajstić information content (AvgIpc) is 2.59. The molecule has 1 aliphatic carbocycles. The van der Waals surface area contributed by atoms with Gasteiger partial charge in [-0.3, -0.25) is 0 Å². The molecule has 0 saturated carbocycles. The number of aromatic nitrogens is 2. The number of imidazole rings is 1. The fraction of sp³-hybridized carbons (Fsp3) is 0.800. The van der Waals surface area contributed by atoms with Crippen molar-refractivity contribution < 1.29 is 0 Å². The van der Waals surface area contributed by atoms with Crippen LogP contribution in [0.25, 0.3) is 0 Å². The van der Waals surface area contributed by atoms with Crippen molar-refractivity contribution in [3.8, 4) is 0 Å². The van der Waals surface area contributed by atoms with Gasteiger partial charge >= 0.3 is 0 Å². The smallest absolute Gasteiger partial charge is 0.120 e. The first-order valence-electron chi connectivity index (χ1n) is 7.13. The molecule has 3 nitrogen and oxygen atoms in total. The van der Waals surface area contributed by atoms with E-state index in [1.165, 1.54) is 24.2 Å². The number of rotatable bonds is 4. The lowest BCUT2D eigenvalue weighted by atomic mass is 9.66. The zero-order valence-corrected chi connectivity index (χ0v) is 12.5.